The molecule has 0 saturated carbocycles. The minimum Gasteiger partial charge on any atom is -0.479 e. The van der Waals surface area contributed by atoms with Crippen LogP contribution < -0.4 is 0 Å². The Kier molecular flexibility index (Phi) is 6.00. The van der Waals surface area contributed by atoms with Crippen LogP contribution in [0.4, 0.5) is 0 Å². The van der Waals surface area contributed by atoms with Gasteiger partial charge in [-0.3, -0.25) is 0 Å². The summed E-state index contributed by atoms with van der Waals surface area (Å²) in [6.45, 7) is -0.0378. The van der Waals surface area contributed by atoms with Crippen molar-refractivity contribution in [2.45, 2.75) is 32.8 Å². The van der Waals surface area contributed by atoms with Crippen molar-refractivity contribution in [3.8, 4) is 0 Å². The molecule has 0 aromatic heterocycles. The zero-order chi connectivity index (χ0) is 14.1. The molecule has 106 valence electrons. The molecule has 5 atom stereocenters. The number of hydrogen-bond donors (Lipinski definition) is 4. The second-order valence-electron chi connectivity index (χ2n) is 3.66. The molecule has 1 saturated heterocycles. The van der Waals surface area contributed by atoms with Crippen LogP contribution in [-0.2, 0) is 14.3 Å². The summed E-state index contributed by atoms with van der Waals surface area (Å²) in [5, 5.41) is 37.3. The lowest BCUT2D eigenvalue weighted by atomic mass is 9.99. The van der Waals surface area contributed by atoms with Gasteiger partial charge in [-0.25, -0.2) is 4.79 Å². The minimum atomic E-state index is -1.72. The van der Waals surface area contributed by atoms with Gasteiger partial charge in [0.05, 0.1) is 6.61 Å². The van der Waals surface area contributed by atoms with E-state index >= 15 is 0 Å². The summed E-state index contributed by atoms with van der Waals surface area (Å²) in [5.74, 6) is -1.45. The van der Waals surface area contributed by atoms with E-state index in [4.69, 9.17) is 14.6 Å². The van der Waals surface area contributed by atoms with E-state index in [1.165, 1.54) is 0 Å². The van der Waals surface area contributed by atoms with Gasteiger partial charge in [0, 0.05) is 0 Å². The third-order valence-corrected chi connectivity index (χ3v) is 2.91. The number of halogens is 3. The smallest absolute Gasteiger partial charge is 0.335 e. The van der Waals surface area contributed by atoms with Crippen molar-refractivity contribution in [3.63, 3.8) is 0 Å². The molecule has 0 aromatic carbocycles. The standard InChI is InChI=1S/C8H11Br3O7/c9-8(10,11)1-17-7-4(14)2(12)3(13)5(18-7)6(15)16/h2-5,7,12-14H,1H2,(H,15,16)/t2-,3-,4+,5-,7+/m0/s1. The van der Waals surface area contributed by atoms with Crippen LogP contribution in [0.5, 0.6) is 0 Å². The van der Waals surface area contributed by atoms with Crippen LogP contribution in [0.3, 0.4) is 0 Å². The van der Waals surface area contributed by atoms with Crippen LogP contribution in [0, 0.1) is 0 Å². The Morgan fingerprint density at radius 2 is 1.72 bits per heavy atom. The highest BCUT2D eigenvalue weighted by molar-refractivity contribution is 9.39. The van der Waals surface area contributed by atoms with Crippen LogP contribution >= 0.6 is 47.8 Å². The highest BCUT2D eigenvalue weighted by Gasteiger charge is 2.47. The van der Waals surface area contributed by atoms with E-state index in [0.29, 0.717) is 0 Å². The van der Waals surface area contributed by atoms with E-state index in [0.717, 1.165) is 0 Å². The predicted molar refractivity (Wildman–Crippen MR) is 69.8 cm³/mol. The second-order valence-corrected chi connectivity index (χ2v) is 10.9. The van der Waals surface area contributed by atoms with Crippen LogP contribution in [0.15, 0.2) is 0 Å². The van der Waals surface area contributed by atoms with Gasteiger partial charge in [-0.15, -0.1) is 0 Å². The van der Waals surface area contributed by atoms with E-state index in [1.54, 1.807) is 0 Å². The average Bonchev–Trinajstić information content (AvgIpc) is 2.23. The molecular formula is C8H11Br3O7. The number of alkyl halides is 3. The molecule has 1 fully saturated rings. The van der Waals surface area contributed by atoms with Gasteiger partial charge >= 0.3 is 5.97 Å². The molecule has 0 spiro atoms. The number of rotatable bonds is 3. The topological polar surface area (TPSA) is 116 Å². The van der Waals surface area contributed by atoms with Gasteiger partial charge < -0.3 is 29.9 Å². The number of carbonyl (C=O) groups is 1. The quantitative estimate of drug-likeness (QED) is 0.430. The third kappa shape index (κ3) is 4.37. The van der Waals surface area contributed by atoms with Gasteiger partial charge in [0.25, 0.3) is 0 Å². The van der Waals surface area contributed by atoms with E-state index in [-0.39, 0.29) is 6.61 Å². The van der Waals surface area contributed by atoms with Crippen molar-refractivity contribution in [2.75, 3.05) is 6.61 Å². The fourth-order valence-electron chi connectivity index (χ4n) is 1.37. The maximum Gasteiger partial charge on any atom is 0.335 e. The van der Waals surface area contributed by atoms with Crippen molar-refractivity contribution >= 4 is 53.8 Å². The van der Waals surface area contributed by atoms with Gasteiger partial charge in [0.15, 0.2) is 14.5 Å². The summed E-state index contributed by atoms with van der Waals surface area (Å²) in [6.07, 6.45) is -7.97. The molecule has 0 aromatic rings. The molecule has 1 aliphatic heterocycles. The number of aliphatic hydroxyl groups is 3. The normalized spacial score (nSPS) is 37.6. The summed E-state index contributed by atoms with van der Waals surface area (Å²) in [4.78, 5) is 10.8. The molecule has 7 nitrogen and oxygen atoms in total. The molecule has 10 heteroatoms. The SMILES string of the molecule is O=C(O)[C@H]1O[C@@H](OCC(Br)(Br)Br)[C@H](O)[C@@H](O)[C@@H]1O. The Morgan fingerprint density at radius 3 is 2.17 bits per heavy atom. The third-order valence-electron chi connectivity index (χ3n) is 2.22. The monoisotopic (exact) mass is 456 g/mol. The fraction of sp³-hybridized carbons (Fsp3) is 0.875. The Hall–Kier alpha value is 0.710. The predicted octanol–water partition coefficient (Wildman–Crippen LogP) is -0.266. The number of carboxylic acid groups (broad SMARTS) is 1. The number of ether oxygens (including phenoxy) is 2. The highest BCUT2D eigenvalue weighted by atomic mass is 80.0. The first kappa shape index (κ1) is 16.8. The molecule has 0 unspecified atom stereocenters. The van der Waals surface area contributed by atoms with Crippen molar-refractivity contribution in [1.82, 2.24) is 0 Å². The van der Waals surface area contributed by atoms with E-state index < -0.39 is 38.8 Å². The lowest BCUT2D eigenvalue weighted by Crippen LogP contribution is -2.60. The molecule has 18 heavy (non-hydrogen) atoms. The molecule has 0 amide bonds. The first-order chi connectivity index (χ1) is 8.13. The Labute approximate surface area is 127 Å². The zero-order valence-corrected chi connectivity index (χ0v) is 13.5. The van der Waals surface area contributed by atoms with Gasteiger partial charge in [-0.05, 0) is 0 Å². The van der Waals surface area contributed by atoms with Crippen LogP contribution in [-0.4, -0.2) is 65.9 Å². The largest absolute Gasteiger partial charge is 0.479 e. The summed E-state index contributed by atoms with van der Waals surface area (Å²) in [6, 6.07) is 0. The summed E-state index contributed by atoms with van der Waals surface area (Å²) < 4.78 is 9.24. The zero-order valence-electron chi connectivity index (χ0n) is 8.74. The number of aliphatic hydroxyl groups excluding tert-OH is 3. The van der Waals surface area contributed by atoms with Gasteiger partial charge in [0.1, 0.15) is 18.3 Å². The second kappa shape index (κ2) is 6.44. The Bertz CT molecular complexity index is 308. The number of hydrogen-bond acceptors (Lipinski definition) is 6. The van der Waals surface area contributed by atoms with E-state index in [1.807, 2.05) is 0 Å². The Balaban J connectivity index is 2.70. The lowest BCUT2D eigenvalue weighted by Gasteiger charge is -2.38. The van der Waals surface area contributed by atoms with E-state index in [9.17, 15) is 20.1 Å². The van der Waals surface area contributed by atoms with Crippen molar-refractivity contribution in [1.29, 1.82) is 0 Å². The number of carboxylic acids is 1. The average molecular weight is 459 g/mol. The van der Waals surface area contributed by atoms with E-state index in [2.05, 4.69) is 47.8 Å². The van der Waals surface area contributed by atoms with Crippen LogP contribution in [0.2, 0.25) is 0 Å². The van der Waals surface area contributed by atoms with Crippen molar-refractivity contribution < 1.29 is 34.7 Å². The molecule has 1 heterocycles. The molecule has 1 aliphatic rings. The summed E-state index contributed by atoms with van der Waals surface area (Å²) in [5.41, 5.74) is 0. The fourth-order valence-corrected chi connectivity index (χ4v) is 1.76. The summed E-state index contributed by atoms with van der Waals surface area (Å²) in [7, 11) is 0. The van der Waals surface area contributed by atoms with Gasteiger partial charge in [-0.2, -0.15) is 0 Å². The van der Waals surface area contributed by atoms with Crippen molar-refractivity contribution in [3.05, 3.63) is 0 Å². The van der Waals surface area contributed by atoms with Crippen molar-refractivity contribution in [2.24, 2.45) is 0 Å². The molecule has 0 bridgehead atoms. The Morgan fingerprint density at radius 1 is 1.17 bits per heavy atom. The molecule has 1 rings (SSSR count). The highest BCUT2D eigenvalue weighted by Crippen LogP contribution is 2.34. The first-order valence-corrected chi connectivity index (χ1v) is 7.12. The van der Waals surface area contributed by atoms with Crippen LogP contribution in [0.25, 0.3) is 0 Å². The summed E-state index contributed by atoms with van der Waals surface area (Å²) >= 11 is 9.42. The van der Waals surface area contributed by atoms with Gasteiger partial charge in [0.2, 0.25) is 0 Å². The maximum atomic E-state index is 10.8. The van der Waals surface area contributed by atoms with Crippen LogP contribution in [0.1, 0.15) is 0 Å². The van der Waals surface area contributed by atoms with Gasteiger partial charge in [-0.1, -0.05) is 47.8 Å². The first-order valence-electron chi connectivity index (χ1n) is 4.74. The molecule has 0 radical (unpaired) electrons. The minimum absolute atomic E-state index is 0.0378. The maximum absolute atomic E-state index is 10.8. The lowest BCUT2D eigenvalue weighted by molar-refractivity contribution is -0.293. The molecule has 4 N–H and O–H groups in total. The molecular weight excluding hydrogens is 448 g/mol. The molecule has 0 aliphatic carbocycles. The number of aliphatic carboxylic acids is 1.